The Morgan fingerprint density at radius 2 is 1.03 bits per heavy atom. The van der Waals surface area contributed by atoms with Crippen molar-refractivity contribution in [2.24, 2.45) is 0 Å². The summed E-state index contributed by atoms with van der Waals surface area (Å²) in [6, 6.07) is -1.18. The Morgan fingerprint density at radius 1 is 0.571 bits per heavy atom. The molecule has 11 heteroatoms. The molecular weight excluding hydrogens is 799 g/mol. The third kappa shape index (κ3) is 31.0. The zero-order chi connectivity index (χ0) is 46.2. The van der Waals surface area contributed by atoms with Crippen LogP contribution in [0.5, 0.6) is 0 Å². The third-order valence-corrected chi connectivity index (χ3v) is 12.4. The van der Waals surface area contributed by atoms with Crippen LogP contribution in [0.3, 0.4) is 0 Å². The molecule has 0 radical (unpaired) electrons. The van der Waals surface area contributed by atoms with Crippen LogP contribution in [0.15, 0.2) is 36.5 Å². The monoisotopic (exact) mass is 896 g/mol. The summed E-state index contributed by atoms with van der Waals surface area (Å²) in [6.45, 7) is 3.34. The Labute approximate surface area is 384 Å². The molecule has 9 atom stereocenters. The third-order valence-electron chi connectivity index (χ3n) is 12.4. The van der Waals surface area contributed by atoms with Crippen LogP contribution in [0.4, 0.5) is 0 Å². The molecule has 0 spiro atoms. The fourth-order valence-corrected chi connectivity index (χ4v) is 8.19. The smallest absolute Gasteiger partial charge is 0.249 e. The summed E-state index contributed by atoms with van der Waals surface area (Å²) >= 11 is 0. The maximum Gasteiger partial charge on any atom is 0.249 e. The van der Waals surface area contributed by atoms with Gasteiger partial charge in [-0.15, -0.1) is 0 Å². The highest BCUT2D eigenvalue weighted by atomic mass is 16.7. The lowest BCUT2D eigenvalue weighted by molar-refractivity contribution is -0.303. The summed E-state index contributed by atoms with van der Waals surface area (Å²) in [4.78, 5) is 13.1. The van der Waals surface area contributed by atoms with E-state index in [9.17, 15) is 40.5 Å². The Morgan fingerprint density at radius 3 is 1.54 bits per heavy atom. The van der Waals surface area contributed by atoms with Crippen LogP contribution in [0.2, 0.25) is 0 Å². The van der Waals surface area contributed by atoms with E-state index < -0.39 is 74.2 Å². The number of hydrogen-bond donors (Lipinski definition) is 8. The predicted molar refractivity (Wildman–Crippen MR) is 256 cm³/mol. The molecule has 8 N–H and O–H groups in total. The highest BCUT2D eigenvalue weighted by Gasteiger charge is 2.44. The molecule has 1 amide bonds. The number of unbranched alkanes of at least 4 members (excludes halogenated alkanes) is 25. The lowest BCUT2D eigenvalue weighted by Gasteiger charge is -2.40. The van der Waals surface area contributed by atoms with Gasteiger partial charge in [0.15, 0.2) is 6.29 Å². The Hall–Kier alpha value is -1.67. The average molecular weight is 896 g/mol. The van der Waals surface area contributed by atoms with Gasteiger partial charge in [0.2, 0.25) is 5.91 Å². The largest absolute Gasteiger partial charge is 0.394 e. The van der Waals surface area contributed by atoms with Crippen LogP contribution >= 0.6 is 0 Å². The Balaban J connectivity index is 2.39. The van der Waals surface area contributed by atoms with E-state index in [1.165, 1.54) is 128 Å². The van der Waals surface area contributed by atoms with E-state index in [2.05, 4.69) is 55.6 Å². The number of carbonyl (C=O) groups excluding carboxylic acids is 1. The summed E-state index contributed by atoms with van der Waals surface area (Å²) in [5.41, 5.74) is 0. The molecule has 1 saturated heterocycles. The molecule has 0 bridgehead atoms. The zero-order valence-corrected chi connectivity index (χ0v) is 40.1. The number of aliphatic hydroxyl groups excluding tert-OH is 7. The van der Waals surface area contributed by atoms with E-state index in [-0.39, 0.29) is 12.8 Å². The minimum Gasteiger partial charge on any atom is -0.394 e. The standard InChI is InChI=1S/C52H97NO10/c1-3-5-7-9-11-13-15-17-19-21-22-23-24-26-28-30-32-34-36-38-40-45(56)51(61)53-43(42-62-52-50(60)49(59)48(58)46(41-54)63-52)47(57)44(55)39-37-35-33-31-29-27-25-20-18-16-14-12-10-8-6-4-2/h5,7,11,13,31,33,43-50,52,54-60H,3-4,6,8-10,12,14-30,32,34-42H2,1-2H3,(H,53,61)/b7-5-,13-11-,33-31+. The number of allylic oxidation sites excluding steroid dienone is 6. The van der Waals surface area contributed by atoms with Crippen molar-refractivity contribution < 1.29 is 50.0 Å². The lowest BCUT2D eigenvalue weighted by Crippen LogP contribution is -2.60. The Bertz CT molecular complexity index is 1120. The summed E-state index contributed by atoms with van der Waals surface area (Å²) in [7, 11) is 0. The van der Waals surface area contributed by atoms with Crippen molar-refractivity contribution in [3.05, 3.63) is 36.5 Å². The van der Waals surface area contributed by atoms with Gasteiger partial charge in [0, 0.05) is 0 Å². The molecular formula is C52H97NO10. The quantitative estimate of drug-likeness (QED) is 0.0216. The minimum absolute atomic E-state index is 0.253. The summed E-state index contributed by atoms with van der Waals surface area (Å²) in [6.07, 6.45) is 37.6. The van der Waals surface area contributed by atoms with Crippen molar-refractivity contribution in [1.29, 1.82) is 0 Å². The number of rotatable bonds is 43. The van der Waals surface area contributed by atoms with Crippen LogP contribution < -0.4 is 5.32 Å². The summed E-state index contributed by atoms with van der Waals surface area (Å²) in [5.74, 6) is -0.707. The molecule has 1 fully saturated rings. The number of ether oxygens (including phenoxy) is 2. The maximum atomic E-state index is 13.1. The predicted octanol–water partition coefficient (Wildman–Crippen LogP) is 9.56. The van der Waals surface area contributed by atoms with Crippen molar-refractivity contribution in [1.82, 2.24) is 5.32 Å². The number of hydrogen-bond acceptors (Lipinski definition) is 10. The molecule has 1 rings (SSSR count). The van der Waals surface area contributed by atoms with Crippen LogP contribution in [-0.4, -0.2) is 110 Å². The first kappa shape index (κ1) is 59.3. The van der Waals surface area contributed by atoms with Crippen molar-refractivity contribution >= 4 is 5.91 Å². The summed E-state index contributed by atoms with van der Waals surface area (Å²) < 4.78 is 11.1. The number of aliphatic hydroxyl groups is 7. The molecule has 370 valence electrons. The minimum atomic E-state index is -1.67. The van der Waals surface area contributed by atoms with Gasteiger partial charge in [-0.25, -0.2) is 0 Å². The number of nitrogens with one attached hydrogen (secondary N) is 1. The van der Waals surface area contributed by atoms with Gasteiger partial charge in [-0.3, -0.25) is 4.79 Å². The molecule has 0 aromatic heterocycles. The van der Waals surface area contributed by atoms with Crippen LogP contribution in [-0.2, 0) is 14.3 Å². The van der Waals surface area contributed by atoms with Gasteiger partial charge in [0.25, 0.3) is 0 Å². The number of carbonyl (C=O) groups is 1. The molecule has 0 aliphatic carbocycles. The second-order valence-corrected chi connectivity index (χ2v) is 18.2. The first-order chi connectivity index (χ1) is 30.7. The van der Waals surface area contributed by atoms with E-state index in [1.54, 1.807) is 0 Å². The second kappa shape index (κ2) is 41.7. The molecule has 1 aliphatic heterocycles. The average Bonchev–Trinajstić information content (AvgIpc) is 3.28. The molecule has 9 unspecified atom stereocenters. The second-order valence-electron chi connectivity index (χ2n) is 18.2. The van der Waals surface area contributed by atoms with Crippen LogP contribution in [0.25, 0.3) is 0 Å². The van der Waals surface area contributed by atoms with Crippen molar-refractivity contribution in [3.8, 4) is 0 Å². The van der Waals surface area contributed by atoms with Crippen molar-refractivity contribution in [3.63, 3.8) is 0 Å². The highest BCUT2D eigenvalue weighted by Crippen LogP contribution is 2.23. The first-order valence-electron chi connectivity index (χ1n) is 25.9. The first-order valence-corrected chi connectivity index (χ1v) is 25.9. The van der Waals surface area contributed by atoms with Gasteiger partial charge in [0.05, 0.1) is 25.4 Å². The molecule has 11 nitrogen and oxygen atoms in total. The van der Waals surface area contributed by atoms with E-state index in [4.69, 9.17) is 9.47 Å². The fraction of sp³-hybridized carbons (Fsp3) is 0.865. The van der Waals surface area contributed by atoms with Gasteiger partial charge >= 0.3 is 0 Å². The molecule has 1 heterocycles. The van der Waals surface area contributed by atoms with Crippen LogP contribution in [0.1, 0.15) is 219 Å². The van der Waals surface area contributed by atoms with Gasteiger partial charge in [-0.05, 0) is 64.2 Å². The Kier molecular flexibility index (Phi) is 39.3. The molecule has 1 aliphatic rings. The topological polar surface area (TPSA) is 189 Å². The van der Waals surface area contributed by atoms with E-state index in [1.807, 2.05) is 0 Å². The fourth-order valence-electron chi connectivity index (χ4n) is 8.19. The van der Waals surface area contributed by atoms with Crippen molar-refractivity contribution in [2.45, 2.75) is 274 Å². The van der Waals surface area contributed by atoms with Gasteiger partial charge in [-0.1, -0.05) is 192 Å². The maximum absolute atomic E-state index is 13.1. The molecule has 63 heavy (non-hydrogen) atoms. The normalized spacial score (nSPS) is 21.4. The van der Waals surface area contributed by atoms with E-state index >= 15 is 0 Å². The van der Waals surface area contributed by atoms with Crippen LogP contribution in [0, 0.1) is 0 Å². The lowest BCUT2D eigenvalue weighted by atomic mass is 9.98. The van der Waals surface area contributed by atoms with Gasteiger partial charge < -0.3 is 50.5 Å². The highest BCUT2D eigenvalue weighted by molar-refractivity contribution is 5.80. The van der Waals surface area contributed by atoms with Crippen molar-refractivity contribution in [2.75, 3.05) is 13.2 Å². The van der Waals surface area contributed by atoms with Gasteiger partial charge in [0.1, 0.15) is 36.6 Å². The number of amides is 1. The van der Waals surface area contributed by atoms with Gasteiger partial charge in [-0.2, -0.15) is 0 Å². The summed E-state index contributed by atoms with van der Waals surface area (Å²) in [5, 5.41) is 75.9. The zero-order valence-electron chi connectivity index (χ0n) is 40.1. The van der Waals surface area contributed by atoms with E-state index in [0.717, 1.165) is 51.4 Å². The van der Waals surface area contributed by atoms with E-state index in [0.29, 0.717) is 12.8 Å². The molecule has 0 aromatic carbocycles. The molecule has 0 saturated carbocycles. The molecule has 0 aromatic rings. The SMILES string of the molecule is CC/C=C\C/C=C\CCCCCCCCCCCCCCCC(O)C(=O)NC(COC1OC(CO)C(O)C(O)C1O)C(O)C(O)CCC/C=C/CCCCCCCCCCCCC.